The third-order valence-corrected chi connectivity index (χ3v) is 3.62. The monoisotopic (exact) mass is 395 g/mol. The number of carbonyl (C=O) groups is 1. The molecule has 1 fully saturated rings. The van der Waals surface area contributed by atoms with Crippen LogP contribution in [0.25, 0.3) is 0 Å². The van der Waals surface area contributed by atoms with Gasteiger partial charge in [-0.25, -0.2) is 0 Å². The lowest BCUT2D eigenvalue weighted by Crippen LogP contribution is -2.64. The Morgan fingerprint density at radius 3 is 2.33 bits per heavy atom. The van der Waals surface area contributed by atoms with Crippen LogP contribution in [0.4, 0.5) is 0 Å². The fourth-order valence-electron chi connectivity index (χ4n) is 2.27. The first-order chi connectivity index (χ1) is 13.0. The predicted molar refractivity (Wildman–Crippen MR) is 86.5 cm³/mol. The number of rotatable bonds is 13. The van der Waals surface area contributed by atoms with Crippen LogP contribution in [0.15, 0.2) is 5.11 Å². The molecule has 1 saturated heterocycles. The van der Waals surface area contributed by atoms with Crippen LogP contribution in [-0.4, -0.2) is 110 Å². The van der Waals surface area contributed by atoms with Gasteiger partial charge < -0.3 is 44.7 Å². The van der Waals surface area contributed by atoms with Gasteiger partial charge in [-0.3, -0.25) is 4.79 Å². The number of carbonyl (C=O) groups excluding carboxylic acids is 1. The fraction of sp³-hybridized carbons (Fsp3) is 0.929. The zero-order valence-corrected chi connectivity index (χ0v) is 14.8. The SMILES string of the molecule is N=[N+]=NCCOCCOCCOCC(=O)N[C@H]1[C@H](O)[C@@H](O)[C@H](O)O[C@@H]1CO. The van der Waals surface area contributed by atoms with Crippen molar-refractivity contribution in [3.05, 3.63) is 0 Å². The van der Waals surface area contributed by atoms with Crippen molar-refractivity contribution in [2.24, 2.45) is 5.11 Å². The van der Waals surface area contributed by atoms with Crippen LogP contribution in [0.1, 0.15) is 0 Å². The molecule has 0 unspecified atom stereocenters. The van der Waals surface area contributed by atoms with E-state index in [-0.39, 0.29) is 19.8 Å². The molecule has 1 heterocycles. The molecule has 0 aliphatic carbocycles. The number of nitrogens with one attached hydrogen (secondary N) is 2. The Morgan fingerprint density at radius 1 is 1.07 bits per heavy atom. The summed E-state index contributed by atoms with van der Waals surface area (Å²) in [6.45, 7) is 0.848. The average Bonchev–Trinajstić information content (AvgIpc) is 2.66. The van der Waals surface area contributed by atoms with Crippen LogP contribution >= 0.6 is 0 Å². The summed E-state index contributed by atoms with van der Waals surface area (Å²) in [5.41, 5.74) is 6.45. The van der Waals surface area contributed by atoms with Crippen LogP contribution in [-0.2, 0) is 23.7 Å². The summed E-state index contributed by atoms with van der Waals surface area (Å²) in [4.78, 5) is 14.7. The molecular formula is C14H27N4O9+. The first-order valence-corrected chi connectivity index (χ1v) is 8.37. The van der Waals surface area contributed by atoms with Crippen molar-refractivity contribution >= 4 is 5.91 Å². The molecule has 0 aromatic heterocycles. The van der Waals surface area contributed by atoms with Crippen molar-refractivity contribution in [2.45, 2.75) is 30.6 Å². The Balaban J connectivity index is 2.12. The first-order valence-electron chi connectivity index (χ1n) is 8.37. The quantitative estimate of drug-likeness (QED) is 0.104. The van der Waals surface area contributed by atoms with E-state index < -0.39 is 43.2 Å². The topological polar surface area (TPSA) is 197 Å². The molecule has 1 aliphatic heterocycles. The van der Waals surface area contributed by atoms with Gasteiger partial charge in [0.25, 0.3) is 0 Å². The van der Waals surface area contributed by atoms with E-state index in [0.29, 0.717) is 26.4 Å². The molecule has 0 aromatic carbocycles. The maximum absolute atomic E-state index is 11.8. The molecule has 13 heteroatoms. The van der Waals surface area contributed by atoms with Crippen LogP contribution in [0.5, 0.6) is 0 Å². The van der Waals surface area contributed by atoms with Gasteiger partial charge in [-0.05, 0) is 0 Å². The van der Waals surface area contributed by atoms with Crippen molar-refractivity contribution in [3.63, 3.8) is 0 Å². The molecule has 0 radical (unpaired) electrons. The Kier molecular flexibility index (Phi) is 11.8. The molecule has 156 valence electrons. The molecule has 5 atom stereocenters. The number of ether oxygens (including phenoxy) is 4. The third-order valence-electron chi connectivity index (χ3n) is 3.62. The maximum Gasteiger partial charge on any atom is 0.246 e. The molecule has 6 N–H and O–H groups in total. The highest BCUT2D eigenvalue weighted by atomic mass is 16.6. The van der Waals surface area contributed by atoms with E-state index in [0.717, 1.165) is 0 Å². The average molecular weight is 395 g/mol. The molecule has 13 nitrogen and oxygen atoms in total. The Morgan fingerprint density at radius 2 is 1.70 bits per heavy atom. The molecule has 0 spiro atoms. The first kappa shape index (κ1) is 23.5. The van der Waals surface area contributed by atoms with Gasteiger partial charge in [0.2, 0.25) is 10.8 Å². The van der Waals surface area contributed by atoms with E-state index in [1.165, 1.54) is 0 Å². The van der Waals surface area contributed by atoms with E-state index in [1.807, 2.05) is 0 Å². The summed E-state index contributed by atoms with van der Waals surface area (Å²) in [7, 11) is 0. The molecule has 0 aromatic rings. The van der Waals surface area contributed by atoms with Gasteiger partial charge in [-0.15, -0.1) is 0 Å². The summed E-state index contributed by atoms with van der Waals surface area (Å²) < 4.78 is 20.4. The van der Waals surface area contributed by atoms with E-state index in [9.17, 15) is 25.2 Å². The Bertz CT molecular complexity index is 476. The van der Waals surface area contributed by atoms with Gasteiger partial charge in [0.15, 0.2) is 6.29 Å². The summed E-state index contributed by atoms with van der Waals surface area (Å²) in [6, 6.07) is -1.09. The standard InChI is InChI=1S/C14H26N4O9/c15-18-16-1-2-24-3-4-25-5-6-26-8-10(20)17-11-9(7-19)27-14(23)13(22)12(11)21/h9,11-15,19,21-23H,1-8H2/p+1/t9-,11-,12+,13-,14-/m1/s1. The van der Waals surface area contributed by atoms with Crippen LogP contribution < -0.4 is 10.2 Å². The minimum Gasteiger partial charge on any atom is -0.394 e. The highest BCUT2D eigenvalue weighted by Gasteiger charge is 2.44. The van der Waals surface area contributed by atoms with Crippen molar-refractivity contribution in [1.82, 2.24) is 10.2 Å². The number of nitrogens with zero attached hydrogens (tertiary/aromatic N) is 2. The fourth-order valence-corrected chi connectivity index (χ4v) is 2.27. The minimum atomic E-state index is -1.65. The third kappa shape index (κ3) is 8.79. The second-order valence-corrected chi connectivity index (χ2v) is 5.56. The zero-order valence-electron chi connectivity index (χ0n) is 14.8. The van der Waals surface area contributed by atoms with Crippen LogP contribution in [0.2, 0.25) is 0 Å². The highest BCUT2D eigenvalue weighted by Crippen LogP contribution is 2.19. The van der Waals surface area contributed by atoms with Gasteiger partial charge in [0.1, 0.15) is 42.1 Å². The van der Waals surface area contributed by atoms with Gasteiger partial charge in [0, 0.05) is 0 Å². The summed E-state index contributed by atoms with van der Waals surface area (Å²) >= 11 is 0. The Hall–Kier alpha value is -1.54. The molecule has 0 bridgehead atoms. The smallest absolute Gasteiger partial charge is 0.246 e. The molecule has 27 heavy (non-hydrogen) atoms. The molecule has 1 rings (SSSR count). The lowest BCUT2D eigenvalue weighted by Gasteiger charge is -2.40. The number of aliphatic hydroxyl groups excluding tert-OH is 4. The number of amides is 1. The summed E-state index contributed by atoms with van der Waals surface area (Å²) in [5, 5.41) is 43.9. The van der Waals surface area contributed by atoms with Gasteiger partial charge in [-0.1, -0.05) is 0 Å². The molecular weight excluding hydrogens is 368 g/mol. The second kappa shape index (κ2) is 13.6. The molecule has 1 aliphatic rings. The normalized spacial score (nSPS) is 27.8. The van der Waals surface area contributed by atoms with E-state index in [1.54, 1.807) is 0 Å². The van der Waals surface area contributed by atoms with E-state index in [4.69, 9.17) is 24.5 Å². The van der Waals surface area contributed by atoms with Gasteiger partial charge >= 0.3 is 0 Å². The number of aliphatic hydroxyl groups is 4. The lowest BCUT2D eigenvalue weighted by atomic mass is 9.96. The largest absolute Gasteiger partial charge is 0.394 e. The zero-order chi connectivity index (χ0) is 20.1. The van der Waals surface area contributed by atoms with Crippen LogP contribution in [0.3, 0.4) is 0 Å². The maximum atomic E-state index is 11.8. The number of hydrogen-bond donors (Lipinski definition) is 6. The van der Waals surface area contributed by atoms with E-state index >= 15 is 0 Å². The second-order valence-electron chi connectivity index (χ2n) is 5.56. The lowest BCUT2D eigenvalue weighted by molar-refractivity contribution is -0.262. The van der Waals surface area contributed by atoms with Crippen molar-refractivity contribution in [1.29, 1.82) is 5.53 Å². The summed E-state index contributed by atoms with van der Waals surface area (Å²) in [6.07, 6.45) is -5.82. The number of hydrogen-bond acceptors (Lipinski definition) is 11. The van der Waals surface area contributed by atoms with Crippen molar-refractivity contribution in [2.75, 3.05) is 52.8 Å². The summed E-state index contributed by atoms with van der Waals surface area (Å²) in [5.74, 6) is -0.586. The minimum absolute atomic E-state index is 0.148. The van der Waals surface area contributed by atoms with Crippen molar-refractivity contribution in [3.8, 4) is 0 Å². The molecule has 1 amide bonds. The van der Waals surface area contributed by atoms with Gasteiger partial charge in [0.05, 0.1) is 45.7 Å². The van der Waals surface area contributed by atoms with Gasteiger partial charge in [-0.2, -0.15) is 0 Å². The highest BCUT2D eigenvalue weighted by molar-refractivity contribution is 5.77. The Labute approximate surface area is 155 Å². The van der Waals surface area contributed by atoms with E-state index in [2.05, 4.69) is 15.3 Å². The molecule has 0 saturated carbocycles. The van der Waals surface area contributed by atoms with Crippen molar-refractivity contribution < 1.29 is 44.2 Å². The predicted octanol–water partition coefficient (Wildman–Crippen LogP) is -3.50. The van der Waals surface area contributed by atoms with Crippen LogP contribution in [0, 0.1) is 5.53 Å².